The van der Waals surface area contributed by atoms with Gasteiger partial charge in [-0.05, 0) is 11.6 Å². The summed E-state index contributed by atoms with van der Waals surface area (Å²) in [4.78, 5) is 6.07. The van der Waals surface area contributed by atoms with Crippen LogP contribution in [0.15, 0.2) is 66.8 Å². The Morgan fingerprint density at radius 3 is 2.58 bits per heavy atom. The van der Waals surface area contributed by atoms with Gasteiger partial charge < -0.3 is 9.64 Å². The Balaban J connectivity index is 2.27. The summed E-state index contributed by atoms with van der Waals surface area (Å²) in [5.74, 6) is 0.175. The standard InChI is InChI=1S/C19H16ClFN2O/c1-12-17(21)10-15(13-7-5-4-6-8-13)19(23(12)2)18-16(20)9-14(24-3)11-22-18/h4-11H,1H2,2-3H3. The molecule has 24 heavy (non-hydrogen) atoms. The molecule has 2 heterocycles. The number of ether oxygens (including phenoxy) is 1. The van der Waals surface area contributed by atoms with E-state index in [9.17, 15) is 4.39 Å². The van der Waals surface area contributed by atoms with Gasteiger partial charge in [0.05, 0.1) is 29.7 Å². The van der Waals surface area contributed by atoms with Crippen LogP contribution in [0.5, 0.6) is 5.75 Å². The molecule has 2 aromatic rings. The molecule has 1 aromatic heterocycles. The minimum Gasteiger partial charge on any atom is -0.495 e. The molecule has 0 radical (unpaired) electrons. The molecular weight excluding hydrogens is 327 g/mol. The molecule has 0 saturated heterocycles. The highest BCUT2D eigenvalue weighted by molar-refractivity contribution is 6.32. The SMILES string of the molecule is C=C1C(F)=CC(c2ccccc2)=C(c2ncc(OC)cc2Cl)N1C. The number of allylic oxidation sites excluding steroid dienone is 3. The zero-order valence-corrected chi connectivity index (χ0v) is 14.1. The number of nitrogens with zero attached hydrogens (tertiary/aromatic N) is 2. The first-order valence-electron chi connectivity index (χ1n) is 7.32. The molecule has 3 nitrogen and oxygen atoms in total. The number of hydrogen-bond donors (Lipinski definition) is 0. The maximum atomic E-state index is 14.3. The largest absolute Gasteiger partial charge is 0.495 e. The Hall–Kier alpha value is -2.59. The number of methoxy groups -OCH3 is 1. The van der Waals surface area contributed by atoms with Crippen LogP contribution in [0.2, 0.25) is 5.02 Å². The third-order valence-corrected chi connectivity index (χ3v) is 4.19. The Bertz CT molecular complexity index is 859. The lowest BCUT2D eigenvalue weighted by Gasteiger charge is -2.30. The molecule has 1 aromatic carbocycles. The first kappa shape index (κ1) is 16.3. The van der Waals surface area contributed by atoms with Crippen LogP contribution in [0.4, 0.5) is 4.39 Å². The summed E-state index contributed by atoms with van der Waals surface area (Å²) in [6.45, 7) is 3.80. The fourth-order valence-corrected chi connectivity index (χ4v) is 2.83. The zero-order chi connectivity index (χ0) is 17.3. The van der Waals surface area contributed by atoms with Crippen LogP contribution in [0, 0.1) is 0 Å². The van der Waals surface area contributed by atoms with Crippen LogP contribution in [0.1, 0.15) is 11.3 Å². The molecule has 5 heteroatoms. The normalized spacial score (nSPS) is 14.8. The Morgan fingerprint density at radius 2 is 1.96 bits per heavy atom. The van der Waals surface area contributed by atoms with Gasteiger partial charge in [0.2, 0.25) is 0 Å². The molecule has 0 fully saturated rings. The average Bonchev–Trinajstić information content (AvgIpc) is 2.60. The second-order valence-corrected chi connectivity index (χ2v) is 5.74. The lowest BCUT2D eigenvalue weighted by atomic mass is 9.97. The van der Waals surface area contributed by atoms with Crippen molar-refractivity contribution < 1.29 is 9.13 Å². The van der Waals surface area contributed by atoms with Gasteiger partial charge >= 0.3 is 0 Å². The van der Waals surface area contributed by atoms with E-state index >= 15 is 0 Å². The summed E-state index contributed by atoms with van der Waals surface area (Å²) >= 11 is 6.40. The minimum atomic E-state index is -0.385. The number of halogens is 2. The zero-order valence-electron chi connectivity index (χ0n) is 13.4. The smallest absolute Gasteiger partial charge is 0.146 e. The van der Waals surface area contributed by atoms with Gasteiger partial charge in [-0.25, -0.2) is 9.37 Å². The van der Waals surface area contributed by atoms with E-state index in [4.69, 9.17) is 16.3 Å². The maximum absolute atomic E-state index is 14.3. The lowest BCUT2D eigenvalue weighted by Crippen LogP contribution is -2.21. The Kier molecular flexibility index (Phi) is 4.40. The van der Waals surface area contributed by atoms with Crippen LogP contribution in [-0.4, -0.2) is 24.0 Å². The number of pyridine rings is 1. The van der Waals surface area contributed by atoms with E-state index in [1.807, 2.05) is 30.3 Å². The highest BCUT2D eigenvalue weighted by Crippen LogP contribution is 2.40. The molecule has 3 rings (SSSR count). The second-order valence-electron chi connectivity index (χ2n) is 5.33. The molecule has 122 valence electrons. The average molecular weight is 343 g/mol. The third-order valence-electron chi connectivity index (χ3n) is 3.90. The lowest BCUT2D eigenvalue weighted by molar-refractivity contribution is 0.412. The van der Waals surface area contributed by atoms with Crippen molar-refractivity contribution in [3.63, 3.8) is 0 Å². The fraction of sp³-hybridized carbons (Fsp3) is 0.105. The van der Waals surface area contributed by atoms with Crippen LogP contribution in [0.3, 0.4) is 0 Å². The number of hydrogen-bond acceptors (Lipinski definition) is 3. The van der Waals surface area contributed by atoms with E-state index in [-0.39, 0.29) is 11.5 Å². The Labute approximate surface area is 145 Å². The van der Waals surface area contributed by atoms with Crippen molar-refractivity contribution >= 4 is 22.9 Å². The van der Waals surface area contributed by atoms with Gasteiger partial charge in [0, 0.05) is 18.7 Å². The topological polar surface area (TPSA) is 25.4 Å². The third kappa shape index (κ3) is 2.81. The van der Waals surface area contributed by atoms with E-state index < -0.39 is 0 Å². The van der Waals surface area contributed by atoms with E-state index in [1.165, 1.54) is 6.08 Å². The van der Waals surface area contributed by atoms with Gasteiger partial charge in [-0.2, -0.15) is 0 Å². The van der Waals surface area contributed by atoms with Crippen LogP contribution >= 0.6 is 11.6 Å². The van der Waals surface area contributed by atoms with E-state index in [1.54, 1.807) is 31.3 Å². The first-order chi connectivity index (χ1) is 11.5. The van der Waals surface area contributed by atoms with Crippen molar-refractivity contribution in [1.29, 1.82) is 0 Å². The van der Waals surface area contributed by atoms with Crippen molar-refractivity contribution in [1.82, 2.24) is 9.88 Å². The Morgan fingerprint density at radius 1 is 1.25 bits per heavy atom. The second kappa shape index (κ2) is 6.49. The van der Waals surface area contributed by atoms with Gasteiger partial charge in [-0.15, -0.1) is 0 Å². The summed E-state index contributed by atoms with van der Waals surface area (Å²) in [6.07, 6.45) is 3.05. The minimum absolute atomic E-state index is 0.262. The van der Waals surface area contributed by atoms with Gasteiger partial charge in [0.15, 0.2) is 0 Å². The highest BCUT2D eigenvalue weighted by Gasteiger charge is 2.26. The van der Waals surface area contributed by atoms with Crippen molar-refractivity contribution in [3.05, 3.63) is 83.1 Å². The quantitative estimate of drug-likeness (QED) is 0.791. The molecule has 0 bridgehead atoms. The van der Waals surface area contributed by atoms with E-state index in [0.29, 0.717) is 27.7 Å². The molecule has 0 atom stereocenters. The molecule has 0 N–H and O–H groups in total. The molecule has 0 amide bonds. The highest BCUT2D eigenvalue weighted by atomic mass is 35.5. The summed E-state index contributed by atoms with van der Waals surface area (Å²) in [5, 5.41) is 0.424. The maximum Gasteiger partial charge on any atom is 0.146 e. The van der Waals surface area contributed by atoms with E-state index in [0.717, 1.165) is 5.56 Å². The molecule has 0 spiro atoms. The number of rotatable bonds is 3. The molecular formula is C19H16ClFN2O. The van der Waals surface area contributed by atoms with Gasteiger partial charge in [-0.1, -0.05) is 48.5 Å². The summed E-state index contributed by atoms with van der Waals surface area (Å²) < 4.78 is 19.4. The number of aromatic nitrogens is 1. The van der Waals surface area contributed by atoms with Crippen LogP contribution < -0.4 is 4.74 Å². The van der Waals surface area contributed by atoms with Crippen LogP contribution in [0.25, 0.3) is 11.3 Å². The van der Waals surface area contributed by atoms with Crippen molar-refractivity contribution in [3.8, 4) is 5.75 Å². The predicted molar refractivity (Wildman–Crippen MR) is 95.1 cm³/mol. The summed E-state index contributed by atoms with van der Waals surface area (Å²) in [7, 11) is 3.30. The van der Waals surface area contributed by atoms with Crippen molar-refractivity contribution in [2.45, 2.75) is 0 Å². The van der Waals surface area contributed by atoms with Crippen molar-refractivity contribution in [2.75, 3.05) is 14.2 Å². The first-order valence-corrected chi connectivity index (χ1v) is 7.70. The van der Waals surface area contributed by atoms with Gasteiger partial charge in [0.25, 0.3) is 0 Å². The molecule has 0 aliphatic carbocycles. The molecule has 1 aliphatic rings. The number of likely N-dealkylation sites (N-methyl/N-ethyl adjacent to an activating group) is 1. The van der Waals surface area contributed by atoms with Crippen molar-refractivity contribution in [2.24, 2.45) is 0 Å². The van der Waals surface area contributed by atoms with Crippen LogP contribution in [-0.2, 0) is 0 Å². The monoisotopic (exact) mass is 342 g/mol. The van der Waals surface area contributed by atoms with Gasteiger partial charge in [0.1, 0.15) is 17.3 Å². The predicted octanol–water partition coefficient (Wildman–Crippen LogP) is 4.92. The number of benzene rings is 1. The molecule has 1 aliphatic heterocycles. The molecule has 0 saturated carbocycles. The van der Waals surface area contributed by atoms with Gasteiger partial charge in [-0.3, -0.25) is 0 Å². The van der Waals surface area contributed by atoms with E-state index in [2.05, 4.69) is 11.6 Å². The summed E-state index contributed by atoms with van der Waals surface area (Å²) in [5.41, 5.74) is 3.07. The summed E-state index contributed by atoms with van der Waals surface area (Å²) in [6, 6.07) is 11.2. The fourth-order valence-electron chi connectivity index (χ4n) is 2.58. The molecule has 0 unspecified atom stereocenters.